The van der Waals surface area contributed by atoms with Gasteiger partial charge in [0.2, 0.25) is 0 Å². The first-order valence-electron chi connectivity index (χ1n) is 3.47. The Balaban J connectivity index is 0.00000121. The Morgan fingerprint density at radius 1 is 1.33 bits per heavy atom. The standard InChI is InChI=1S/C9H10O2.Cs/c1-7(9(10)11)8-5-3-2-4-6-8;/h2-7H,1H3,(H,10,11);/q;+1/p-1/t7-;/m0./s1. The van der Waals surface area contributed by atoms with Crippen LogP contribution in [0.25, 0.3) is 0 Å². The van der Waals surface area contributed by atoms with Crippen molar-refractivity contribution in [2.75, 3.05) is 0 Å². The average molecular weight is 282 g/mol. The summed E-state index contributed by atoms with van der Waals surface area (Å²) in [6.45, 7) is 1.62. The minimum absolute atomic E-state index is 0. The van der Waals surface area contributed by atoms with Crippen molar-refractivity contribution in [3.05, 3.63) is 35.9 Å². The average Bonchev–Trinajstić information content (AvgIpc) is 2.05. The largest absolute Gasteiger partial charge is 1.00 e. The second-order valence-corrected chi connectivity index (χ2v) is 2.45. The molecule has 1 aromatic carbocycles. The van der Waals surface area contributed by atoms with Gasteiger partial charge in [-0.2, -0.15) is 0 Å². The summed E-state index contributed by atoms with van der Waals surface area (Å²) in [4.78, 5) is 10.4. The molecule has 0 radical (unpaired) electrons. The summed E-state index contributed by atoms with van der Waals surface area (Å²) in [6, 6.07) is 9.04. The van der Waals surface area contributed by atoms with Crippen LogP contribution in [-0.2, 0) is 4.79 Å². The molecule has 3 heteroatoms. The Kier molecular flexibility index (Phi) is 6.62. The van der Waals surface area contributed by atoms with Gasteiger partial charge in [0.25, 0.3) is 0 Å². The Hall–Kier alpha value is 0.742. The molecule has 0 aliphatic rings. The van der Waals surface area contributed by atoms with E-state index >= 15 is 0 Å². The van der Waals surface area contributed by atoms with Gasteiger partial charge < -0.3 is 9.90 Å². The zero-order chi connectivity index (χ0) is 8.27. The van der Waals surface area contributed by atoms with Crippen molar-refractivity contribution in [1.29, 1.82) is 0 Å². The predicted molar refractivity (Wildman–Crippen MR) is 39.9 cm³/mol. The maximum atomic E-state index is 10.4. The summed E-state index contributed by atoms with van der Waals surface area (Å²) in [5, 5.41) is 10.4. The van der Waals surface area contributed by atoms with E-state index in [0.29, 0.717) is 0 Å². The third-order valence-electron chi connectivity index (χ3n) is 1.65. The Bertz CT molecular complexity index is 246. The number of carboxylic acid groups (broad SMARTS) is 1. The molecule has 0 bridgehead atoms. The van der Waals surface area contributed by atoms with Gasteiger partial charge in [-0.05, 0) is 5.56 Å². The number of aliphatic carboxylic acids is 1. The van der Waals surface area contributed by atoms with Crippen LogP contribution in [0.15, 0.2) is 30.3 Å². The molecule has 0 spiro atoms. The molecule has 0 aliphatic heterocycles. The summed E-state index contributed by atoms with van der Waals surface area (Å²) in [5.74, 6) is -1.55. The number of carbonyl (C=O) groups is 1. The number of rotatable bonds is 2. The van der Waals surface area contributed by atoms with Crippen LogP contribution >= 0.6 is 0 Å². The van der Waals surface area contributed by atoms with Gasteiger partial charge in [-0.15, -0.1) is 0 Å². The van der Waals surface area contributed by atoms with Crippen LogP contribution in [0.2, 0.25) is 0 Å². The maximum absolute atomic E-state index is 10.4. The van der Waals surface area contributed by atoms with Crippen LogP contribution in [0.3, 0.4) is 0 Å². The predicted octanol–water partition coefficient (Wildman–Crippen LogP) is -2.46. The van der Waals surface area contributed by atoms with Crippen molar-refractivity contribution in [2.45, 2.75) is 12.8 Å². The fraction of sp³-hybridized carbons (Fsp3) is 0.222. The fourth-order valence-electron chi connectivity index (χ4n) is 0.878. The molecule has 1 rings (SSSR count). The van der Waals surface area contributed by atoms with E-state index < -0.39 is 11.9 Å². The van der Waals surface area contributed by atoms with Gasteiger partial charge in [0.1, 0.15) is 0 Å². The van der Waals surface area contributed by atoms with Gasteiger partial charge in [0.05, 0.1) is 0 Å². The summed E-state index contributed by atoms with van der Waals surface area (Å²) in [7, 11) is 0. The quantitative estimate of drug-likeness (QED) is 0.604. The van der Waals surface area contributed by atoms with Crippen molar-refractivity contribution in [3.63, 3.8) is 0 Å². The molecule has 1 aromatic rings. The van der Waals surface area contributed by atoms with Gasteiger partial charge in [-0.25, -0.2) is 0 Å². The molecule has 0 saturated carbocycles. The van der Waals surface area contributed by atoms with Crippen LogP contribution < -0.4 is 74.0 Å². The number of hydrogen-bond donors (Lipinski definition) is 0. The molecular formula is C9H9CsO2. The fourth-order valence-corrected chi connectivity index (χ4v) is 0.878. The van der Waals surface area contributed by atoms with E-state index in [9.17, 15) is 9.90 Å². The number of carbonyl (C=O) groups excluding carboxylic acids is 1. The molecule has 12 heavy (non-hydrogen) atoms. The molecular weight excluding hydrogens is 273 g/mol. The van der Waals surface area contributed by atoms with Crippen LogP contribution in [0, 0.1) is 0 Å². The van der Waals surface area contributed by atoms with Crippen LogP contribution in [-0.4, -0.2) is 5.97 Å². The molecule has 0 heterocycles. The van der Waals surface area contributed by atoms with Gasteiger partial charge in [0, 0.05) is 11.9 Å². The van der Waals surface area contributed by atoms with Crippen molar-refractivity contribution in [2.24, 2.45) is 0 Å². The third kappa shape index (κ3) is 3.64. The molecule has 0 aromatic heterocycles. The molecule has 2 nitrogen and oxygen atoms in total. The zero-order valence-corrected chi connectivity index (χ0v) is 13.6. The summed E-state index contributed by atoms with van der Waals surface area (Å²) >= 11 is 0. The monoisotopic (exact) mass is 282 g/mol. The second-order valence-electron chi connectivity index (χ2n) is 2.45. The molecule has 0 saturated heterocycles. The van der Waals surface area contributed by atoms with E-state index in [1.807, 2.05) is 18.2 Å². The Morgan fingerprint density at radius 3 is 2.25 bits per heavy atom. The topological polar surface area (TPSA) is 40.1 Å². The zero-order valence-electron chi connectivity index (χ0n) is 7.28. The van der Waals surface area contributed by atoms with E-state index in [0.717, 1.165) is 5.56 Å². The van der Waals surface area contributed by atoms with Crippen molar-refractivity contribution in [1.82, 2.24) is 0 Å². The molecule has 0 amide bonds. The van der Waals surface area contributed by atoms with Crippen LogP contribution in [0.4, 0.5) is 0 Å². The summed E-state index contributed by atoms with van der Waals surface area (Å²) in [5.41, 5.74) is 0.785. The van der Waals surface area contributed by atoms with Crippen LogP contribution in [0.5, 0.6) is 0 Å². The SMILES string of the molecule is C[C@H](C(=O)[O-])c1ccccc1.[Cs+]. The first-order chi connectivity index (χ1) is 5.22. The summed E-state index contributed by atoms with van der Waals surface area (Å²) < 4.78 is 0. The van der Waals surface area contributed by atoms with E-state index in [2.05, 4.69) is 0 Å². The maximum Gasteiger partial charge on any atom is 1.00 e. The van der Waals surface area contributed by atoms with Gasteiger partial charge in [0.15, 0.2) is 0 Å². The summed E-state index contributed by atoms with van der Waals surface area (Å²) in [6.07, 6.45) is 0. The molecule has 0 unspecified atom stereocenters. The Labute approximate surface area is 131 Å². The number of benzene rings is 1. The minimum atomic E-state index is -1.03. The van der Waals surface area contributed by atoms with E-state index in [1.165, 1.54) is 0 Å². The van der Waals surface area contributed by atoms with Crippen molar-refractivity contribution in [3.8, 4) is 0 Å². The van der Waals surface area contributed by atoms with Gasteiger partial charge >= 0.3 is 68.9 Å². The first kappa shape index (κ1) is 12.7. The number of hydrogen-bond acceptors (Lipinski definition) is 2. The molecule has 0 fully saturated rings. The minimum Gasteiger partial charge on any atom is -0.550 e. The van der Waals surface area contributed by atoms with Gasteiger partial charge in [-0.3, -0.25) is 0 Å². The molecule has 58 valence electrons. The molecule has 0 N–H and O–H groups in total. The smallest absolute Gasteiger partial charge is 0.550 e. The molecule has 0 aliphatic carbocycles. The van der Waals surface area contributed by atoms with E-state index in [1.54, 1.807) is 19.1 Å². The molecule has 1 atom stereocenters. The second kappa shape index (κ2) is 6.23. The number of carboxylic acids is 1. The third-order valence-corrected chi connectivity index (χ3v) is 1.65. The van der Waals surface area contributed by atoms with Crippen molar-refractivity contribution < 1.29 is 78.8 Å². The first-order valence-corrected chi connectivity index (χ1v) is 3.47. The van der Waals surface area contributed by atoms with Gasteiger partial charge in [-0.1, -0.05) is 37.3 Å². The van der Waals surface area contributed by atoms with Crippen LogP contribution in [0.1, 0.15) is 18.4 Å². The normalized spacial score (nSPS) is 11.4. The Morgan fingerprint density at radius 2 is 1.83 bits per heavy atom. The van der Waals surface area contributed by atoms with E-state index in [4.69, 9.17) is 0 Å². The van der Waals surface area contributed by atoms with Crippen molar-refractivity contribution >= 4 is 5.97 Å². The van der Waals surface area contributed by atoms with E-state index in [-0.39, 0.29) is 68.9 Å².